The second kappa shape index (κ2) is 9.63. The van der Waals surface area contributed by atoms with Gasteiger partial charge in [0.05, 0.1) is 26.2 Å². The topological polar surface area (TPSA) is 55.8 Å². The standard InChI is InChI=1S/C24H26F3NO4/c1-15(29)28(19-5-4-6-19)14-17-13-18(24(25,26)27)8-9-20(17)21-11-16(12-23(30)32-3)7-10-22(21)31-2/h7-11,13,19H,4-6,12,14H2,1-3H3. The molecule has 2 aromatic carbocycles. The summed E-state index contributed by atoms with van der Waals surface area (Å²) in [6, 6.07) is 8.63. The van der Waals surface area contributed by atoms with Crippen molar-refractivity contribution >= 4 is 11.9 Å². The highest BCUT2D eigenvalue weighted by Crippen LogP contribution is 2.39. The molecule has 1 amide bonds. The Bertz CT molecular complexity index is 999. The van der Waals surface area contributed by atoms with Crippen LogP contribution in [0.1, 0.15) is 42.9 Å². The van der Waals surface area contributed by atoms with Crippen LogP contribution in [0.25, 0.3) is 11.1 Å². The summed E-state index contributed by atoms with van der Waals surface area (Å²) in [4.78, 5) is 25.6. The third kappa shape index (κ3) is 5.23. The predicted molar refractivity (Wildman–Crippen MR) is 113 cm³/mol. The van der Waals surface area contributed by atoms with E-state index >= 15 is 0 Å². The summed E-state index contributed by atoms with van der Waals surface area (Å²) in [5.41, 5.74) is 1.30. The number of alkyl halides is 3. The SMILES string of the molecule is COC(=O)Cc1ccc(OC)c(-c2ccc(C(F)(F)F)cc2CN(C(C)=O)C2CCC2)c1. The first-order chi connectivity index (χ1) is 15.1. The lowest BCUT2D eigenvalue weighted by Crippen LogP contribution is -2.42. The van der Waals surface area contributed by atoms with Crippen molar-refractivity contribution in [3.63, 3.8) is 0 Å². The van der Waals surface area contributed by atoms with Gasteiger partial charge in [0, 0.05) is 25.1 Å². The molecule has 0 aliphatic heterocycles. The zero-order valence-corrected chi connectivity index (χ0v) is 18.3. The Kier molecular flexibility index (Phi) is 7.11. The van der Waals surface area contributed by atoms with Crippen molar-refractivity contribution in [3.8, 4) is 16.9 Å². The van der Waals surface area contributed by atoms with Gasteiger partial charge in [-0.05, 0) is 60.2 Å². The van der Waals surface area contributed by atoms with E-state index in [0.717, 1.165) is 31.4 Å². The van der Waals surface area contributed by atoms with Gasteiger partial charge in [-0.3, -0.25) is 9.59 Å². The van der Waals surface area contributed by atoms with Gasteiger partial charge in [-0.2, -0.15) is 13.2 Å². The average Bonchev–Trinajstić information content (AvgIpc) is 2.71. The summed E-state index contributed by atoms with van der Waals surface area (Å²) in [5.74, 6) is -0.149. The number of esters is 1. The van der Waals surface area contributed by atoms with E-state index < -0.39 is 17.7 Å². The van der Waals surface area contributed by atoms with Gasteiger partial charge in [-0.1, -0.05) is 12.1 Å². The number of carbonyl (C=O) groups excluding carboxylic acids is 2. The van der Waals surface area contributed by atoms with Crippen LogP contribution in [0, 0.1) is 0 Å². The van der Waals surface area contributed by atoms with E-state index in [1.54, 1.807) is 23.1 Å². The summed E-state index contributed by atoms with van der Waals surface area (Å²) in [5, 5.41) is 0. The number of rotatable bonds is 7. The van der Waals surface area contributed by atoms with E-state index in [2.05, 4.69) is 0 Å². The second-order valence-electron chi connectivity index (χ2n) is 7.89. The van der Waals surface area contributed by atoms with Crippen LogP contribution in [-0.4, -0.2) is 37.0 Å². The van der Waals surface area contributed by atoms with Gasteiger partial charge < -0.3 is 14.4 Å². The van der Waals surface area contributed by atoms with Gasteiger partial charge in [-0.25, -0.2) is 0 Å². The molecule has 8 heteroatoms. The molecule has 0 bridgehead atoms. The van der Waals surface area contributed by atoms with Gasteiger partial charge in [0.15, 0.2) is 0 Å². The van der Waals surface area contributed by atoms with Gasteiger partial charge in [0.25, 0.3) is 0 Å². The van der Waals surface area contributed by atoms with Crippen LogP contribution in [0.4, 0.5) is 13.2 Å². The minimum absolute atomic E-state index is 0.0190. The first-order valence-corrected chi connectivity index (χ1v) is 10.4. The highest BCUT2D eigenvalue weighted by molar-refractivity contribution is 5.79. The molecule has 32 heavy (non-hydrogen) atoms. The summed E-state index contributed by atoms with van der Waals surface area (Å²) in [6.45, 7) is 1.49. The Balaban J connectivity index is 2.11. The lowest BCUT2D eigenvalue weighted by atomic mass is 9.89. The molecule has 1 saturated carbocycles. The number of amides is 1. The van der Waals surface area contributed by atoms with Crippen LogP contribution >= 0.6 is 0 Å². The Hall–Kier alpha value is -3.03. The van der Waals surface area contributed by atoms with Crippen molar-refractivity contribution in [2.45, 2.75) is 51.4 Å². The molecule has 0 saturated heterocycles. The van der Waals surface area contributed by atoms with Crippen LogP contribution in [0.3, 0.4) is 0 Å². The molecular formula is C24H26F3NO4. The Morgan fingerprint density at radius 1 is 1.06 bits per heavy atom. The van der Waals surface area contributed by atoms with E-state index in [1.807, 2.05) is 0 Å². The maximum absolute atomic E-state index is 13.5. The Morgan fingerprint density at radius 3 is 2.31 bits per heavy atom. The number of halogens is 3. The van der Waals surface area contributed by atoms with Crippen LogP contribution in [0.5, 0.6) is 5.75 Å². The summed E-state index contributed by atoms with van der Waals surface area (Å²) >= 11 is 0. The van der Waals surface area contributed by atoms with Crippen molar-refractivity contribution in [3.05, 3.63) is 53.1 Å². The Morgan fingerprint density at radius 2 is 1.78 bits per heavy atom. The fourth-order valence-corrected chi connectivity index (χ4v) is 3.86. The molecule has 0 radical (unpaired) electrons. The molecule has 1 aliphatic rings. The van der Waals surface area contributed by atoms with Crippen LogP contribution < -0.4 is 4.74 Å². The molecule has 3 rings (SSSR count). The third-order valence-corrected chi connectivity index (χ3v) is 5.82. The molecule has 2 aromatic rings. The third-order valence-electron chi connectivity index (χ3n) is 5.82. The van der Waals surface area contributed by atoms with Gasteiger partial charge in [0.2, 0.25) is 5.91 Å². The van der Waals surface area contributed by atoms with Crippen molar-refractivity contribution in [1.82, 2.24) is 4.90 Å². The number of methoxy groups -OCH3 is 2. The minimum Gasteiger partial charge on any atom is -0.496 e. The molecule has 1 fully saturated rings. The zero-order valence-electron chi connectivity index (χ0n) is 18.3. The first-order valence-electron chi connectivity index (χ1n) is 10.4. The molecular weight excluding hydrogens is 423 g/mol. The van der Waals surface area contributed by atoms with E-state index in [9.17, 15) is 22.8 Å². The maximum Gasteiger partial charge on any atom is 0.416 e. The van der Waals surface area contributed by atoms with E-state index in [-0.39, 0.29) is 24.9 Å². The van der Waals surface area contributed by atoms with Crippen molar-refractivity contribution < 1.29 is 32.2 Å². The van der Waals surface area contributed by atoms with Crippen LogP contribution in [0.15, 0.2) is 36.4 Å². The van der Waals surface area contributed by atoms with Crippen LogP contribution in [0.2, 0.25) is 0 Å². The largest absolute Gasteiger partial charge is 0.496 e. The van der Waals surface area contributed by atoms with Crippen molar-refractivity contribution in [1.29, 1.82) is 0 Å². The van der Waals surface area contributed by atoms with Gasteiger partial charge in [0.1, 0.15) is 5.75 Å². The highest BCUT2D eigenvalue weighted by Gasteiger charge is 2.33. The van der Waals surface area contributed by atoms with Crippen LogP contribution in [-0.2, 0) is 33.5 Å². The number of benzene rings is 2. The molecule has 5 nitrogen and oxygen atoms in total. The van der Waals surface area contributed by atoms with Gasteiger partial charge in [-0.15, -0.1) is 0 Å². The lowest BCUT2D eigenvalue weighted by Gasteiger charge is -2.37. The zero-order chi connectivity index (χ0) is 23.5. The molecule has 0 spiro atoms. The molecule has 0 atom stereocenters. The maximum atomic E-state index is 13.5. The monoisotopic (exact) mass is 449 g/mol. The van der Waals surface area contributed by atoms with Crippen molar-refractivity contribution in [2.24, 2.45) is 0 Å². The fraction of sp³-hybridized carbons (Fsp3) is 0.417. The number of hydrogen-bond donors (Lipinski definition) is 0. The first kappa shape index (κ1) is 23.6. The summed E-state index contributed by atoms with van der Waals surface area (Å²) < 4.78 is 50.6. The normalized spacial score (nSPS) is 13.9. The summed E-state index contributed by atoms with van der Waals surface area (Å²) in [7, 11) is 2.76. The smallest absolute Gasteiger partial charge is 0.416 e. The van der Waals surface area contributed by atoms with E-state index in [1.165, 1.54) is 27.2 Å². The van der Waals surface area contributed by atoms with Gasteiger partial charge >= 0.3 is 12.1 Å². The molecule has 1 aliphatic carbocycles. The number of nitrogens with zero attached hydrogens (tertiary/aromatic N) is 1. The minimum atomic E-state index is -4.51. The Labute approximate surface area is 185 Å². The second-order valence-corrected chi connectivity index (χ2v) is 7.89. The molecule has 0 unspecified atom stereocenters. The lowest BCUT2D eigenvalue weighted by molar-refractivity contribution is -0.140. The molecule has 0 heterocycles. The van der Waals surface area contributed by atoms with E-state index in [0.29, 0.717) is 28.0 Å². The average molecular weight is 449 g/mol. The molecule has 0 N–H and O–H groups in total. The number of hydrogen-bond acceptors (Lipinski definition) is 4. The quantitative estimate of drug-likeness (QED) is 0.559. The molecule has 0 aromatic heterocycles. The molecule has 172 valence electrons. The highest BCUT2D eigenvalue weighted by atomic mass is 19.4. The predicted octanol–water partition coefficient (Wildman–Crippen LogP) is 5.00. The fourth-order valence-electron chi connectivity index (χ4n) is 3.86. The number of carbonyl (C=O) groups is 2. The van der Waals surface area contributed by atoms with Crippen molar-refractivity contribution in [2.75, 3.05) is 14.2 Å². The number of ether oxygens (including phenoxy) is 2. The van der Waals surface area contributed by atoms with E-state index in [4.69, 9.17) is 9.47 Å². The summed E-state index contributed by atoms with van der Waals surface area (Å²) in [6.07, 6.45) is -1.82.